The zero-order chi connectivity index (χ0) is 24.8. The molecule has 2 fully saturated rings. The number of rotatable bonds is 5. The summed E-state index contributed by atoms with van der Waals surface area (Å²) < 4.78 is 28.6. The predicted molar refractivity (Wildman–Crippen MR) is 131 cm³/mol. The SMILES string of the molecule is CC(C)N1CC2N(C(=O)CCN2S(=O)(=O)c2ccc(Cl)cc2Cl)C(Cc2ccc(Cl)cc2)C1=O. The number of sulfonamides is 1. The second-order valence-electron chi connectivity index (χ2n) is 8.65. The quantitative estimate of drug-likeness (QED) is 0.569. The third-order valence-electron chi connectivity index (χ3n) is 6.20. The van der Waals surface area contributed by atoms with Crippen molar-refractivity contribution in [2.24, 2.45) is 0 Å². The van der Waals surface area contributed by atoms with Gasteiger partial charge < -0.3 is 9.80 Å². The lowest BCUT2D eigenvalue weighted by atomic mass is 9.97. The number of nitrogens with zero attached hydrogens (tertiary/aromatic N) is 3. The van der Waals surface area contributed by atoms with Gasteiger partial charge >= 0.3 is 0 Å². The lowest BCUT2D eigenvalue weighted by Gasteiger charge is -2.52. The van der Waals surface area contributed by atoms with Crippen molar-refractivity contribution in [3.8, 4) is 0 Å². The summed E-state index contributed by atoms with van der Waals surface area (Å²) in [6.07, 6.45) is -0.639. The molecule has 0 N–H and O–H groups in total. The summed E-state index contributed by atoms with van der Waals surface area (Å²) in [5, 5.41) is 0.879. The maximum absolute atomic E-state index is 13.7. The van der Waals surface area contributed by atoms with Crippen molar-refractivity contribution >= 4 is 56.6 Å². The molecule has 0 aromatic heterocycles. The van der Waals surface area contributed by atoms with Crippen LogP contribution in [0.2, 0.25) is 15.1 Å². The van der Waals surface area contributed by atoms with E-state index in [1.165, 1.54) is 27.4 Å². The van der Waals surface area contributed by atoms with E-state index in [1.807, 2.05) is 13.8 Å². The normalized spacial score (nSPS) is 21.8. The molecule has 4 rings (SSSR count). The fourth-order valence-electron chi connectivity index (χ4n) is 4.51. The standard InChI is InChI=1S/C23H24Cl3N3O4S/c1-14(2)27-13-21-28(34(32,33)20-8-7-17(25)12-18(20)26)10-9-22(30)29(21)19(23(27)31)11-15-3-5-16(24)6-4-15/h3-8,12,14,19,21H,9-11,13H2,1-2H3. The van der Waals surface area contributed by atoms with Gasteiger partial charge in [-0.15, -0.1) is 0 Å². The Bertz CT molecular complexity index is 1220. The van der Waals surface area contributed by atoms with E-state index >= 15 is 0 Å². The number of amides is 2. The average Bonchev–Trinajstić information content (AvgIpc) is 2.76. The highest BCUT2D eigenvalue weighted by molar-refractivity contribution is 7.89. The van der Waals surface area contributed by atoms with Gasteiger partial charge in [-0.25, -0.2) is 8.42 Å². The summed E-state index contributed by atoms with van der Waals surface area (Å²) in [6.45, 7) is 3.80. The molecular formula is C23H24Cl3N3O4S. The number of fused-ring (bicyclic) bond motifs is 1. The van der Waals surface area contributed by atoms with E-state index in [2.05, 4.69) is 0 Å². The highest BCUT2D eigenvalue weighted by atomic mass is 35.5. The smallest absolute Gasteiger partial charge is 0.246 e. The third kappa shape index (κ3) is 4.66. The predicted octanol–water partition coefficient (Wildman–Crippen LogP) is 4.06. The van der Waals surface area contributed by atoms with Crippen molar-refractivity contribution in [3.05, 3.63) is 63.1 Å². The van der Waals surface area contributed by atoms with E-state index in [1.54, 1.807) is 29.2 Å². The first kappa shape index (κ1) is 25.3. The number of piperazine rings is 1. The van der Waals surface area contributed by atoms with E-state index in [9.17, 15) is 18.0 Å². The van der Waals surface area contributed by atoms with Crippen molar-refractivity contribution in [2.45, 2.75) is 49.8 Å². The fourth-order valence-corrected chi connectivity index (χ4v) is 6.96. The number of hydrogen-bond donors (Lipinski definition) is 0. The van der Waals surface area contributed by atoms with Crippen LogP contribution in [0.3, 0.4) is 0 Å². The van der Waals surface area contributed by atoms with Crippen molar-refractivity contribution in [3.63, 3.8) is 0 Å². The molecule has 2 aromatic rings. The minimum Gasteiger partial charge on any atom is -0.335 e. The Morgan fingerprint density at radius 2 is 1.65 bits per heavy atom. The molecule has 2 aromatic carbocycles. The molecule has 34 heavy (non-hydrogen) atoms. The van der Waals surface area contributed by atoms with E-state index in [0.717, 1.165) is 5.56 Å². The largest absolute Gasteiger partial charge is 0.335 e. The summed E-state index contributed by atoms with van der Waals surface area (Å²) in [5.74, 6) is -0.465. The van der Waals surface area contributed by atoms with Crippen LogP contribution in [-0.2, 0) is 26.0 Å². The Morgan fingerprint density at radius 3 is 2.26 bits per heavy atom. The number of hydrogen-bond acceptors (Lipinski definition) is 4. The van der Waals surface area contributed by atoms with Crippen LogP contribution in [0.25, 0.3) is 0 Å². The van der Waals surface area contributed by atoms with Crippen molar-refractivity contribution in [1.29, 1.82) is 0 Å². The summed E-state index contributed by atoms with van der Waals surface area (Å²) in [6, 6.07) is 10.2. The van der Waals surface area contributed by atoms with Crippen LogP contribution in [-0.4, -0.2) is 65.7 Å². The van der Waals surface area contributed by atoms with E-state index in [4.69, 9.17) is 34.8 Å². The van der Waals surface area contributed by atoms with Gasteiger partial charge in [0.2, 0.25) is 21.8 Å². The summed E-state index contributed by atoms with van der Waals surface area (Å²) in [4.78, 5) is 29.5. The first-order chi connectivity index (χ1) is 16.0. The van der Waals surface area contributed by atoms with Crippen LogP contribution >= 0.6 is 34.8 Å². The van der Waals surface area contributed by atoms with E-state index < -0.39 is 22.2 Å². The first-order valence-electron chi connectivity index (χ1n) is 10.8. The van der Waals surface area contributed by atoms with Crippen molar-refractivity contribution in [1.82, 2.24) is 14.1 Å². The molecule has 2 aliphatic heterocycles. The van der Waals surface area contributed by atoms with Gasteiger partial charge in [0, 0.05) is 35.5 Å². The Kier molecular flexibility index (Phi) is 7.18. The molecule has 0 radical (unpaired) electrons. The molecule has 0 bridgehead atoms. The maximum Gasteiger partial charge on any atom is 0.246 e. The second kappa shape index (κ2) is 9.66. The fraction of sp³-hybridized carbons (Fsp3) is 0.391. The molecule has 11 heteroatoms. The lowest BCUT2D eigenvalue weighted by molar-refractivity contribution is -0.166. The molecule has 2 amide bonds. The second-order valence-corrected chi connectivity index (χ2v) is 11.8. The van der Waals surface area contributed by atoms with Crippen LogP contribution in [0, 0.1) is 0 Å². The summed E-state index contributed by atoms with van der Waals surface area (Å²) in [7, 11) is -4.08. The van der Waals surface area contributed by atoms with E-state index in [0.29, 0.717) is 10.0 Å². The molecular weight excluding hydrogens is 521 g/mol. The van der Waals surface area contributed by atoms with Crippen LogP contribution in [0.4, 0.5) is 0 Å². The van der Waals surface area contributed by atoms with E-state index in [-0.39, 0.29) is 53.7 Å². The first-order valence-corrected chi connectivity index (χ1v) is 13.4. The van der Waals surface area contributed by atoms with Crippen LogP contribution in [0.5, 0.6) is 0 Å². The van der Waals surface area contributed by atoms with Gasteiger partial charge in [0.15, 0.2) is 0 Å². The summed E-state index contributed by atoms with van der Waals surface area (Å²) >= 11 is 18.2. The van der Waals surface area contributed by atoms with Gasteiger partial charge in [-0.2, -0.15) is 4.31 Å². The highest BCUT2D eigenvalue weighted by Crippen LogP contribution is 2.34. The minimum absolute atomic E-state index is 0.00117. The van der Waals surface area contributed by atoms with Gasteiger partial charge in [-0.1, -0.05) is 46.9 Å². The number of carbonyl (C=O) groups excluding carboxylic acids is 2. The molecule has 7 nitrogen and oxygen atoms in total. The van der Waals surface area contributed by atoms with Crippen LogP contribution in [0.15, 0.2) is 47.4 Å². The monoisotopic (exact) mass is 543 g/mol. The minimum atomic E-state index is -4.08. The van der Waals surface area contributed by atoms with Crippen molar-refractivity contribution in [2.75, 3.05) is 13.1 Å². The Balaban J connectivity index is 1.76. The van der Waals surface area contributed by atoms with Crippen LogP contribution < -0.4 is 0 Å². The summed E-state index contributed by atoms with van der Waals surface area (Å²) in [5.41, 5.74) is 0.820. The van der Waals surface area contributed by atoms with Crippen molar-refractivity contribution < 1.29 is 18.0 Å². The third-order valence-corrected chi connectivity index (χ3v) is 9.06. The molecule has 0 spiro atoms. The Morgan fingerprint density at radius 1 is 1.00 bits per heavy atom. The maximum atomic E-state index is 13.7. The molecule has 2 saturated heterocycles. The van der Waals surface area contributed by atoms with Gasteiger partial charge in [-0.05, 0) is 49.7 Å². The molecule has 2 heterocycles. The van der Waals surface area contributed by atoms with Gasteiger partial charge in [-0.3, -0.25) is 9.59 Å². The van der Waals surface area contributed by atoms with Gasteiger partial charge in [0.1, 0.15) is 17.1 Å². The lowest BCUT2D eigenvalue weighted by Crippen LogP contribution is -2.72. The average molecular weight is 545 g/mol. The molecule has 0 aliphatic carbocycles. The molecule has 0 saturated carbocycles. The zero-order valence-electron chi connectivity index (χ0n) is 18.6. The van der Waals surface area contributed by atoms with Gasteiger partial charge in [0.25, 0.3) is 0 Å². The zero-order valence-corrected chi connectivity index (χ0v) is 21.7. The molecule has 182 valence electrons. The Hall–Kier alpha value is -1.84. The number of benzene rings is 2. The molecule has 2 aliphatic rings. The Labute approximate surface area is 214 Å². The number of halogens is 3. The highest BCUT2D eigenvalue weighted by Gasteiger charge is 2.51. The van der Waals surface area contributed by atoms with Crippen LogP contribution in [0.1, 0.15) is 25.8 Å². The topological polar surface area (TPSA) is 78.0 Å². The van der Waals surface area contributed by atoms with Gasteiger partial charge in [0.05, 0.1) is 11.6 Å². The number of carbonyl (C=O) groups is 2. The molecule has 2 unspecified atom stereocenters. The molecule has 2 atom stereocenters.